The van der Waals surface area contributed by atoms with Gasteiger partial charge >= 0.3 is 6.18 Å². The molecule has 1 aromatic carbocycles. The molecule has 3 amide bonds. The van der Waals surface area contributed by atoms with Crippen molar-refractivity contribution in [1.29, 1.82) is 0 Å². The van der Waals surface area contributed by atoms with E-state index in [1.54, 1.807) is 30.0 Å². The van der Waals surface area contributed by atoms with Crippen LogP contribution in [0, 0.1) is 5.92 Å². The highest BCUT2D eigenvalue weighted by molar-refractivity contribution is 9.10. The van der Waals surface area contributed by atoms with E-state index in [1.165, 1.54) is 6.20 Å². The molecule has 0 atom stereocenters. The van der Waals surface area contributed by atoms with E-state index in [0.717, 1.165) is 25.9 Å². The SMILES string of the molecule is CCc1[nH]nc(C(F)(F)F)c1Cc1cnc(C(=O)Nc2ccc(C(=O)N3CCN(C(=O)C4CCNCC4)CC3)c(Br)c2)[nH]1. The van der Waals surface area contributed by atoms with Gasteiger partial charge in [-0.15, -0.1) is 0 Å². The summed E-state index contributed by atoms with van der Waals surface area (Å²) in [4.78, 5) is 49.3. The van der Waals surface area contributed by atoms with Crippen LogP contribution in [0.2, 0.25) is 0 Å². The lowest BCUT2D eigenvalue weighted by atomic mass is 9.96. The fourth-order valence-corrected chi connectivity index (χ4v) is 6.01. The number of aromatic nitrogens is 4. The van der Waals surface area contributed by atoms with E-state index in [9.17, 15) is 27.6 Å². The lowest BCUT2D eigenvalue weighted by Crippen LogP contribution is -2.52. The van der Waals surface area contributed by atoms with E-state index < -0.39 is 17.8 Å². The monoisotopic (exact) mass is 664 g/mol. The average Bonchev–Trinajstić information content (AvgIpc) is 3.64. The Bertz CT molecular complexity index is 1490. The molecule has 0 spiro atoms. The molecule has 0 aliphatic carbocycles. The number of piperazine rings is 1. The number of amides is 3. The molecular weight excluding hydrogens is 633 g/mol. The summed E-state index contributed by atoms with van der Waals surface area (Å²) in [5, 5.41) is 11.8. The summed E-state index contributed by atoms with van der Waals surface area (Å²) in [5.74, 6) is -0.639. The molecule has 4 heterocycles. The first-order chi connectivity index (χ1) is 20.5. The van der Waals surface area contributed by atoms with Crippen LogP contribution in [0.3, 0.4) is 0 Å². The zero-order chi connectivity index (χ0) is 30.7. The first-order valence-corrected chi connectivity index (χ1v) is 14.9. The Morgan fingerprint density at radius 1 is 1.09 bits per heavy atom. The number of carbonyl (C=O) groups is 3. The Balaban J connectivity index is 1.18. The van der Waals surface area contributed by atoms with Gasteiger partial charge < -0.3 is 25.4 Å². The predicted molar refractivity (Wildman–Crippen MR) is 155 cm³/mol. The number of piperidine rings is 1. The maximum atomic E-state index is 13.4. The Morgan fingerprint density at radius 2 is 1.79 bits per heavy atom. The number of rotatable bonds is 7. The van der Waals surface area contributed by atoms with E-state index in [-0.39, 0.29) is 35.5 Å². The van der Waals surface area contributed by atoms with Crippen LogP contribution in [0.15, 0.2) is 28.9 Å². The highest BCUT2D eigenvalue weighted by Crippen LogP contribution is 2.33. The Morgan fingerprint density at radius 3 is 2.44 bits per heavy atom. The fraction of sp³-hybridized carbons (Fsp3) is 0.464. The summed E-state index contributed by atoms with van der Waals surface area (Å²) in [6.07, 6.45) is -1.41. The predicted octanol–water partition coefficient (Wildman–Crippen LogP) is 3.60. The number of benzene rings is 1. The number of anilines is 1. The second-order valence-electron chi connectivity index (χ2n) is 10.6. The van der Waals surface area contributed by atoms with Crippen molar-refractivity contribution in [3.8, 4) is 0 Å². The smallest absolute Gasteiger partial charge is 0.339 e. The minimum atomic E-state index is -4.61. The summed E-state index contributed by atoms with van der Waals surface area (Å²) in [6.45, 7) is 5.26. The van der Waals surface area contributed by atoms with Crippen LogP contribution in [0.5, 0.6) is 0 Å². The molecule has 2 aromatic heterocycles. The number of halogens is 4. The van der Waals surface area contributed by atoms with Gasteiger partial charge in [-0.3, -0.25) is 19.5 Å². The number of hydrogen-bond acceptors (Lipinski definition) is 6. The van der Waals surface area contributed by atoms with Crippen LogP contribution in [0.1, 0.15) is 63.4 Å². The van der Waals surface area contributed by atoms with Gasteiger partial charge in [0.05, 0.1) is 5.56 Å². The van der Waals surface area contributed by atoms with Gasteiger partial charge in [0, 0.05) is 71.8 Å². The zero-order valence-corrected chi connectivity index (χ0v) is 25.1. The zero-order valence-electron chi connectivity index (χ0n) is 23.5. The van der Waals surface area contributed by atoms with Gasteiger partial charge in [0.25, 0.3) is 11.8 Å². The Hall–Kier alpha value is -3.72. The number of H-pyrrole nitrogens is 2. The van der Waals surface area contributed by atoms with Crippen LogP contribution >= 0.6 is 15.9 Å². The summed E-state index contributed by atoms with van der Waals surface area (Å²) in [5.41, 5.74) is 0.517. The van der Waals surface area contributed by atoms with Gasteiger partial charge in [0.1, 0.15) is 0 Å². The number of nitrogens with one attached hydrogen (secondary N) is 4. The van der Waals surface area contributed by atoms with Crippen molar-refractivity contribution < 1.29 is 27.6 Å². The highest BCUT2D eigenvalue weighted by atomic mass is 79.9. The molecule has 2 saturated heterocycles. The van der Waals surface area contributed by atoms with Crippen LogP contribution in [0.25, 0.3) is 0 Å². The molecule has 2 fully saturated rings. The number of alkyl halides is 3. The second kappa shape index (κ2) is 12.9. The molecule has 2 aliphatic heterocycles. The van der Waals surface area contributed by atoms with Crippen LogP contribution < -0.4 is 10.6 Å². The van der Waals surface area contributed by atoms with E-state index >= 15 is 0 Å². The van der Waals surface area contributed by atoms with E-state index in [2.05, 4.69) is 46.7 Å². The molecular formula is C28H32BrF3N8O3. The van der Waals surface area contributed by atoms with Crippen molar-refractivity contribution in [3.63, 3.8) is 0 Å². The number of carbonyl (C=O) groups excluding carboxylic acids is 3. The van der Waals surface area contributed by atoms with Gasteiger partial charge in [0.2, 0.25) is 5.91 Å². The molecule has 0 radical (unpaired) electrons. The fourth-order valence-electron chi connectivity index (χ4n) is 5.46. The average molecular weight is 666 g/mol. The van der Waals surface area contributed by atoms with E-state index in [1.807, 2.05) is 4.90 Å². The number of nitrogens with zero attached hydrogens (tertiary/aromatic N) is 4. The largest absolute Gasteiger partial charge is 0.435 e. The van der Waals surface area contributed by atoms with Crippen molar-refractivity contribution in [2.75, 3.05) is 44.6 Å². The van der Waals surface area contributed by atoms with Gasteiger partial charge in [-0.2, -0.15) is 18.3 Å². The molecule has 0 unspecified atom stereocenters. The number of imidazole rings is 1. The van der Waals surface area contributed by atoms with Crippen molar-refractivity contribution >= 4 is 39.3 Å². The standard InChI is InChI=1S/C28H32BrF3N8O3/c1-2-22-20(23(38-37-22)28(30,31)32)13-18-15-34-24(35-18)25(41)36-17-3-4-19(21(29)14-17)27(43)40-11-9-39(10-12-40)26(42)16-5-7-33-8-6-16/h3-4,14-16,33H,2,5-13H2,1H3,(H,34,35)(H,36,41)(H,37,38). The number of aromatic amines is 2. The molecule has 0 bridgehead atoms. The normalized spacial score (nSPS) is 16.4. The van der Waals surface area contributed by atoms with Gasteiger partial charge in [0.15, 0.2) is 11.5 Å². The first-order valence-electron chi connectivity index (χ1n) is 14.1. The summed E-state index contributed by atoms with van der Waals surface area (Å²) >= 11 is 3.43. The van der Waals surface area contributed by atoms with Gasteiger partial charge in [-0.1, -0.05) is 6.92 Å². The van der Waals surface area contributed by atoms with E-state index in [4.69, 9.17) is 0 Å². The maximum Gasteiger partial charge on any atom is 0.435 e. The summed E-state index contributed by atoms with van der Waals surface area (Å²) in [6, 6.07) is 4.79. The van der Waals surface area contributed by atoms with Crippen molar-refractivity contribution in [1.82, 2.24) is 35.3 Å². The third-order valence-electron chi connectivity index (χ3n) is 7.81. The lowest BCUT2D eigenvalue weighted by molar-refractivity contribution is -0.141. The van der Waals surface area contributed by atoms with Gasteiger partial charge in [-0.05, 0) is 66.5 Å². The third-order valence-corrected chi connectivity index (χ3v) is 8.47. The molecule has 3 aromatic rings. The highest BCUT2D eigenvalue weighted by Gasteiger charge is 2.38. The minimum Gasteiger partial charge on any atom is -0.339 e. The molecule has 2 aliphatic rings. The first kappa shape index (κ1) is 30.7. The lowest BCUT2D eigenvalue weighted by Gasteiger charge is -2.37. The van der Waals surface area contributed by atoms with Crippen molar-refractivity contribution in [2.24, 2.45) is 5.92 Å². The summed E-state index contributed by atoms with van der Waals surface area (Å²) < 4.78 is 40.6. The molecule has 4 N–H and O–H groups in total. The molecule has 5 rings (SSSR count). The second-order valence-corrected chi connectivity index (χ2v) is 11.5. The van der Waals surface area contributed by atoms with Crippen LogP contribution in [-0.2, 0) is 23.8 Å². The van der Waals surface area contributed by atoms with Crippen LogP contribution in [-0.4, -0.2) is 87.0 Å². The molecule has 0 saturated carbocycles. The topological polar surface area (TPSA) is 139 Å². The molecule has 11 nitrogen and oxygen atoms in total. The minimum absolute atomic E-state index is 0.00424. The Kier molecular flexibility index (Phi) is 9.20. The molecule has 230 valence electrons. The quantitative estimate of drug-likeness (QED) is 0.304. The number of aryl methyl sites for hydroxylation is 1. The number of hydrogen-bond donors (Lipinski definition) is 4. The Labute approximate surface area is 254 Å². The molecule has 43 heavy (non-hydrogen) atoms. The van der Waals surface area contributed by atoms with Crippen molar-refractivity contribution in [2.45, 2.75) is 38.8 Å². The molecule has 15 heteroatoms. The third kappa shape index (κ3) is 6.93. The van der Waals surface area contributed by atoms with Crippen LogP contribution in [0.4, 0.5) is 18.9 Å². The van der Waals surface area contributed by atoms with E-state index in [0.29, 0.717) is 59.7 Å². The maximum absolute atomic E-state index is 13.4. The summed E-state index contributed by atoms with van der Waals surface area (Å²) in [7, 11) is 0. The van der Waals surface area contributed by atoms with Crippen molar-refractivity contribution in [3.05, 3.63) is 62.9 Å². The van der Waals surface area contributed by atoms with Gasteiger partial charge in [-0.25, -0.2) is 4.98 Å².